The van der Waals surface area contributed by atoms with E-state index in [1.54, 1.807) is 0 Å². The minimum absolute atomic E-state index is 0.315. The van der Waals surface area contributed by atoms with Crippen LogP contribution in [-0.2, 0) is 0 Å². The average molecular weight is 209 g/mol. The maximum Gasteiger partial charge on any atom is 0.120 e. The van der Waals surface area contributed by atoms with E-state index in [1.807, 2.05) is 13.0 Å². The van der Waals surface area contributed by atoms with Gasteiger partial charge in [-0.3, -0.25) is 0 Å². The highest BCUT2D eigenvalue weighted by Gasteiger charge is 2.13. The number of aryl methyl sites for hydroxylation is 1. The molecule has 0 bridgehead atoms. The van der Waals surface area contributed by atoms with Gasteiger partial charge in [-0.05, 0) is 38.8 Å². The van der Waals surface area contributed by atoms with Gasteiger partial charge in [0.25, 0.3) is 0 Å². The van der Waals surface area contributed by atoms with E-state index < -0.39 is 0 Å². The molecule has 0 saturated carbocycles. The lowest BCUT2D eigenvalue weighted by Gasteiger charge is -2.20. The molecule has 0 fully saturated rings. The van der Waals surface area contributed by atoms with Crippen LogP contribution in [0.25, 0.3) is 0 Å². The number of hydrogen-bond acceptors (Lipinski definition) is 2. The summed E-state index contributed by atoms with van der Waals surface area (Å²) in [4.78, 5) is 0. The van der Waals surface area contributed by atoms with Crippen molar-refractivity contribution in [1.82, 2.24) is 5.32 Å². The molecule has 1 aromatic rings. The Bertz CT molecular complexity index is 280. The van der Waals surface area contributed by atoms with Crippen LogP contribution in [0.5, 0.6) is 0 Å². The Morgan fingerprint density at radius 3 is 2.53 bits per heavy atom. The highest BCUT2D eigenvalue weighted by Crippen LogP contribution is 2.17. The molecule has 0 saturated heterocycles. The summed E-state index contributed by atoms with van der Waals surface area (Å²) >= 11 is 0. The average Bonchev–Trinajstić information content (AvgIpc) is 2.64. The molecule has 2 nitrogen and oxygen atoms in total. The van der Waals surface area contributed by atoms with Crippen LogP contribution in [0, 0.1) is 6.92 Å². The molecule has 1 N–H and O–H groups in total. The molecule has 1 aromatic heterocycles. The Labute approximate surface area is 93.1 Å². The zero-order valence-corrected chi connectivity index (χ0v) is 10.3. The summed E-state index contributed by atoms with van der Waals surface area (Å²) in [5.74, 6) is 2.03. The lowest BCUT2D eigenvalue weighted by atomic mass is 10.1. The van der Waals surface area contributed by atoms with Gasteiger partial charge < -0.3 is 9.73 Å². The van der Waals surface area contributed by atoms with E-state index in [4.69, 9.17) is 4.42 Å². The summed E-state index contributed by atoms with van der Waals surface area (Å²) in [6.07, 6.45) is 3.65. The Morgan fingerprint density at radius 2 is 2.07 bits per heavy atom. The molecule has 2 unspecified atom stereocenters. The standard InChI is InChI=1S/C13H23NO/c1-5-7-12(6-2)14-11(4)13-9-8-10(3)15-13/h8-9,11-12,14H,5-7H2,1-4H3. The van der Waals surface area contributed by atoms with Crippen LogP contribution < -0.4 is 5.32 Å². The van der Waals surface area contributed by atoms with Crippen molar-refractivity contribution in [2.24, 2.45) is 0 Å². The van der Waals surface area contributed by atoms with Crippen molar-refractivity contribution < 1.29 is 4.42 Å². The molecule has 0 amide bonds. The second kappa shape index (κ2) is 5.96. The van der Waals surface area contributed by atoms with E-state index in [-0.39, 0.29) is 0 Å². The Balaban J connectivity index is 2.50. The maximum absolute atomic E-state index is 5.61. The van der Waals surface area contributed by atoms with Crippen LogP contribution in [-0.4, -0.2) is 6.04 Å². The molecule has 86 valence electrons. The van der Waals surface area contributed by atoms with Gasteiger partial charge in [0.15, 0.2) is 0 Å². The molecule has 0 aliphatic heterocycles. The Hall–Kier alpha value is -0.760. The fourth-order valence-corrected chi connectivity index (χ4v) is 1.88. The lowest BCUT2D eigenvalue weighted by molar-refractivity contribution is 0.362. The molecule has 0 aliphatic carbocycles. The van der Waals surface area contributed by atoms with Crippen LogP contribution in [0.2, 0.25) is 0 Å². The molecule has 1 rings (SSSR count). The van der Waals surface area contributed by atoms with Crippen LogP contribution >= 0.6 is 0 Å². The van der Waals surface area contributed by atoms with Gasteiger partial charge in [0, 0.05) is 6.04 Å². The van der Waals surface area contributed by atoms with Crippen molar-refractivity contribution in [3.8, 4) is 0 Å². The predicted octanol–water partition coefficient (Wildman–Crippen LogP) is 3.82. The monoisotopic (exact) mass is 209 g/mol. The van der Waals surface area contributed by atoms with Crippen molar-refractivity contribution in [3.05, 3.63) is 23.7 Å². The van der Waals surface area contributed by atoms with Crippen LogP contribution in [0.3, 0.4) is 0 Å². The molecule has 0 aliphatic rings. The smallest absolute Gasteiger partial charge is 0.120 e. The van der Waals surface area contributed by atoms with Gasteiger partial charge >= 0.3 is 0 Å². The number of nitrogens with one attached hydrogen (secondary N) is 1. The highest BCUT2D eigenvalue weighted by molar-refractivity contribution is 5.09. The number of furan rings is 1. The second-order valence-electron chi connectivity index (χ2n) is 4.23. The van der Waals surface area contributed by atoms with Gasteiger partial charge in [0.1, 0.15) is 11.5 Å². The highest BCUT2D eigenvalue weighted by atomic mass is 16.3. The summed E-state index contributed by atoms with van der Waals surface area (Å²) in [6, 6.07) is 5.01. The normalized spacial score (nSPS) is 15.2. The van der Waals surface area contributed by atoms with E-state index in [9.17, 15) is 0 Å². The van der Waals surface area contributed by atoms with Crippen LogP contribution in [0.4, 0.5) is 0 Å². The molecule has 15 heavy (non-hydrogen) atoms. The van der Waals surface area contributed by atoms with Gasteiger partial charge in [0.05, 0.1) is 6.04 Å². The maximum atomic E-state index is 5.61. The van der Waals surface area contributed by atoms with Crippen molar-refractivity contribution in [2.75, 3.05) is 0 Å². The number of hydrogen-bond donors (Lipinski definition) is 1. The quantitative estimate of drug-likeness (QED) is 0.770. The molecular formula is C13H23NO. The molecular weight excluding hydrogens is 186 g/mol. The Morgan fingerprint density at radius 1 is 1.33 bits per heavy atom. The molecule has 0 spiro atoms. The van der Waals surface area contributed by atoms with E-state index in [0.717, 1.165) is 11.5 Å². The van der Waals surface area contributed by atoms with Crippen LogP contribution in [0.1, 0.15) is 57.6 Å². The largest absolute Gasteiger partial charge is 0.465 e. The minimum atomic E-state index is 0.315. The number of rotatable bonds is 6. The van der Waals surface area contributed by atoms with Gasteiger partial charge in [-0.2, -0.15) is 0 Å². The summed E-state index contributed by atoms with van der Waals surface area (Å²) in [6.45, 7) is 8.61. The zero-order valence-electron chi connectivity index (χ0n) is 10.3. The minimum Gasteiger partial charge on any atom is -0.465 e. The predicted molar refractivity (Wildman–Crippen MR) is 64.0 cm³/mol. The SMILES string of the molecule is CCCC(CC)NC(C)c1ccc(C)o1. The van der Waals surface area contributed by atoms with E-state index in [0.29, 0.717) is 12.1 Å². The summed E-state index contributed by atoms with van der Waals surface area (Å²) in [5, 5.41) is 3.60. The fourth-order valence-electron chi connectivity index (χ4n) is 1.88. The molecule has 0 aromatic carbocycles. The molecule has 0 radical (unpaired) electrons. The summed E-state index contributed by atoms with van der Waals surface area (Å²) < 4.78 is 5.61. The van der Waals surface area contributed by atoms with Crippen LogP contribution in [0.15, 0.2) is 16.5 Å². The first-order valence-electron chi connectivity index (χ1n) is 5.99. The van der Waals surface area contributed by atoms with Gasteiger partial charge in [-0.15, -0.1) is 0 Å². The molecule has 1 heterocycles. The summed E-state index contributed by atoms with van der Waals surface area (Å²) in [7, 11) is 0. The van der Waals surface area contributed by atoms with Crippen molar-refractivity contribution in [3.63, 3.8) is 0 Å². The first-order chi connectivity index (χ1) is 7.17. The van der Waals surface area contributed by atoms with Crippen molar-refractivity contribution >= 4 is 0 Å². The van der Waals surface area contributed by atoms with E-state index in [1.165, 1.54) is 19.3 Å². The first kappa shape index (κ1) is 12.3. The third-order valence-electron chi connectivity index (χ3n) is 2.80. The summed E-state index contributed by atoms with van der Waals surface area (Å²) in [5.41, 5.74) is 0. The third-order valence-corrected chi connectivity index (χ3v) is 2.80. The van der Waals surface area contributed by atoms with E-state index >= 15 is 0 Å². The molecule has 2 atom stereocenters. The first-order valence-corrected chi connectivity index (χ1v) is 5.99. The third kappa shape index (κ3) is 3.71. The van der Waals surface area contributed by atoms with E-state index in [2.05, 4.69) is 32.2 Å². The topological polar surface area (TPSA) is 25.2 Å². The zero-order chi connectivity index (χ0) is 11.3. The van der Waals surface area contributed by atoms with Gasteiger partial charge in [-0.25, -0.2) is 0 Å². The molecule has 2 heteroatoms. The van der Waals surface area contributed by atoms with Crippen molar-refractivity contribution in [1.29, 1.82) is 0 Å². The van der Waals surface area contributed by atoms with Crippen molar-refractivity contribution in [2.45, 2.75) is 59.0 Å². The second-order valence-corrected chi connectivity index (χ2v) is 4.23. The fraction of sp³-hybridized carbons (Fsp3) is 0.692. The Kier molecular flexibility index (Phi) is 4.89. The van der Waals surface area contributed by atoms with Gasteiger partial charge in [-0.1, -0.05) is 20.3 Å². The van der Waals surface area contributed by atoms with Gasteiger partial charge in [0.2, 0.25) is 0 Å². The lowest BCUT2D eigenvalue weighted by Crippen LogP contribution is -2.30.